The van der Waals surface area contributed by atoms with Crippen LogP contribution in [0.4, 0.5) is 5.69 Å². The number of hydrogen-bond donors (Lipinski definition) is 0. The summed E-state index contributed by atoms with van der Waals surface area (Å²) in [6, 6.07) is 7.51. The molecule has 98 valence electrons. The fraction of sp³-hybridized carbons (Fsp3) is 0.0833. The Morgan fingerprint density at radius 2 is 2.00 bits per heavy atom. The third-order valence-corrected chi connectivity index (χ3v) is 2.79. The first kappa shape index (κ1) is 13.6. The van der Waals surface area contributed by atoms with Crippen molar-refractivity contribution in [3.63, 3.8) is 0 Å². The van der Waals surface area contributed by atoms with E-state index in [1.165, 1.54) is 12.1 Å². The van der Waals surface area contributed by atoms with Gasteiger partial charge in [0.15, 0.2) is 0 Å². The molecule has 1 aromatic heterocycles. The Morgan fingerprint density at radius 1 is 1.26 bits per heavy atom. The van der Waals surface area contributed by atoms with Gasteiger partial charge in [-0.05, 0) is 36.8 Å². The van der Waals surface area contributed by atoms with Crippen LogP contribution in [-0.4, -0.2) is 9.91 Å². The van der Waals surface area contributed by atoms with Gasteiger partial charge < -0.3 is 4.74 Å². The topological polar surface area (TPSA) is 65.3 Å². The lowest BCUT2D eigenvalue weighted by Crippen LogP contribution is -1.97. The first-order chi connectivity index (χ1) is 8.97. The largest absolute Gasteiger partial charge is 0.433 e. The summed E-state index contributed by atoms with van der Waals surface area (Å²) in [7, 11) is 0. The fourth-order valence-corrected chi connectivity index (χ4v) is 1.82. The van der Waals surface area contributed by atoms with Crippen LogP contribution in [0.3, 0.4) is 0 Å². The van der Waals surface area contributed by atoms with Crippen molar-refractivity contribution < 1.29 is 9.66 Å². The van der Waals surface area contributed by atoms with Crippen molar-refractivity contribution in [1.82, 2.24) is 4.98 Å². The molecule has 1 aromatic carbocycles. The molecule has 0 spiro atoms. The summed E-state index contributed by atoms with van der Waals surface area (Å²) in [5.41, 5.74) is 0.488. The van der Waals surface area contributed by atoms with Crippen molar-refractivity contribution >= 4 is 28.9 Å². The minimum atomic E-state index is -0.579. The zero-order valence-electron chi connectivity index (χ0n) is 9.76. The molecule has 0 saturated carbocycles. The summed E-state index contributed by atoms with van der Waals surface area (Å²) in [5, 5.41) is 11.6. The van der Waals surface area contributed by atoms with Gasteiger partial charge in [0, 0.05) is 11.1 Å². The number of hydrogen-bond acceptors (Lipinski definition) is 4. The zero-order valence-corrected chi connectivity index (χ0v) is 11.3. The molecule has 0 aliphatic carbocycles. The Kier molecular flexibility index (Phi) is 3.87. The lowest BCUT2D eigenvalue weighted by molar-refractivity contribution is -0.386. The number of nitrogens with zero attached hydrogens (tertiary/aromatic N) is 2. The van der Waals surface area contributed by atoms with E-state index in [2.05, 4.69) is 4.98 Å². The normalized spacial score (nSPS) is 10.3. The molecule has 0 unspecified atom stereocenters. The average Bonchev–Trinajstić information content (AvgIpc) is 2.32. The molecule has 0 saturated heterocycles. The van der Waals surface area contributed by atoms with Gasteiger partial charge in [-0.25, -0.2) is 0 Å². The quantitative estimate of drug-likeness (QED) is 0.478. The summed E-state index contributed by atoms with van der Waals surface area (Å²) in [4.78, 5) is 14.1. The maximum Gasteiger partial charge on any atom is 0.331 e. The van der Waals surface area contributed by atoms with Crippen LogP contribution in [0.1, 0.15) is 5.56 Å². The van der Waals surface area contributed by atoms with Gasteiger partial charge in [-0.2, -0.15) is 4.98 Å². The van der Waals surface area contributed by atoms with Crippen molar-refractivity contribution in [2.24, 2.45) is 0 Å². The minimum absolute atomic E-state index is 0.118. The second-order valence-corrected chi connectivity index (χ2v) is 4.55. The summed E-state index contributed by atoms with van der Waals surface area (Å²) < 4.78 is 5.44. The zero-order chi connectivity index (χ0) is 14.0. The van der Waals surface area contributed by atoms with Crippen LogP contribution in [0.2, 0.25) is 10.2 Å². The van der Waals surface area contributed by atoms with E-state index in [0.717, 1.165) is 5.56 Å². The molecule has 0 aliphatic heterocycles. The minimum Gasteiger partial charge on any atom is -0.433 e. The van der Waals surface area contributed by atoms with Crippen molar-refractivity contribution in [3.05, 3.63) is 56.2 Å². The molecule has 2 rings (SSSR count). The third-order valence-electron chi connectivity index (χ3n) is 2.35. The van der Waals surface area contributed by atoms with Crippen molar-refractivity contribution in [2.45, 2.75) is 6.92 Å². The van der Waals surface area contributed by atoms with Crippen LogP contribution in [-0.2, 0) is 0 Å². The Labute approximate surface area is 118 Å². The molecule has 0 fully saturated rings. The number of aryl methyl sites for hydroxylation is 1. The average molecular weight is 299 g/mol. The lowest BCUT2D eigenvalue weighted by Gasteiger charge is -2.08. The molecule has 1 heterocycles. The molecule has 5 nitrogen and oxygen atoms in total. The van der Waals surface area contributed by atoms with Gasteiger partial charge in [0.2, 0.25) is 0 Å². The van der Waals surface area contributed by atoms with Crippen LogP contribution < -0.4 is 4.74 Å². The molecule has 0 N–H and O–H groups in total. The number of ether oxygens (including phenoxy) is 1. The highest BCUT2D eigenvalue weighted by molar-refractivity contribution is 6.30. The first-order valence-electron chi connectivity index (χ1n) is 5.22. The predicted molar refractivity (Wildman–Crippen MR) is 72.2 cm³/mol. The van der Waals surface area contributed by atoms with E-state index in [4.69, 9.17) is 27.9 Å². The van der Waals surface area contributed by atoms with E-state index in [1.807, 2.05) is 0 Å². The van der Waals surface area contributed by atoms with Gasteiger partial charge in [-0.1, -0.05) is 23.2 Å². The number of benzene rings is 1. The Bertz CT molecular complexity index is 647. The lowest BCUT2D eigenvalue weighted by atomic mass is 10.2. The van der Waals surface area contributed by atoms with Gasteiger partial charge in [0.25, 0.3) is 0 Å². The molecule has 2 aromatic rings. The molecule has 0 amide bonds. The third kappa shape index (κ3) is 3.13. The Morgan fingerprint density at radius 3 is 2.63 bits per heavy atom. The van der Waals surface area contributed by atoms with Crippen LogP contribution in [0.15, 0.2) is 30.3 Å². The molecule has 0 bridgehead atoms. The number of pyridine rings is 1. The van der Waals surface area contributed by atoms with Crippen LogP contribution in [0.5, 0.6) is 11.6 Å². The molecular formula is C12H8Cl2N2O3. The first-order valence-corrected chi connectivity index (χ1v) is 5.98. The van der Waals surface area contributed by atoms with E-state index in [0.29, 0.717) is 10.8 Å². The highest BCUT2D eigenvalue weighted by Gasteiger charge is 2.18. The van der Waals surface area contributed by atoms with Gasteiger partial charge >= 0.3 is 11.6 Å². The smallest absolute Gasteiger partial charge is 0.331 e. The van der Waals surface area contributed by atoms with Gasteiger partial charge in [-0.3, -0.25) is 10.1 Å². The summed E-state index contributed by atoms with van der Waals surface area (Å²) in [6.45, 7) is 1.78. The van der Waals surface area contributed by atoms with E-state index in [1.54, 1.807) is 25.1 Å². The van der Waals surface area contributed by atoms with Crippen LogP contribution in [0, 0.1) is 17.0 Å². The molecular weight excluding hydrogens is 291 g/mol. The predicted octanol–water partition coefficient (Wildman–Crippen LogP) is 4.40. The van der Waals surface area contributed by atoms with Crippen molar-refractivity contribution in [3.8, 4) is 11.6 Å². The number of nitro groups is 1. The van der Waals surface area contributed by atoms with Crippen molar-refractivity contribution in [1.29, 1.82) is 0 Å². The van der Waals surface area contributed by atoms with E-state index in [-0.39, 0.29) is 16.7 Å². The maximum absolute atomic E-state index is 10.9. The SMILES string of the molecule is Cc1cc(Cl)ccc1Oc1nc(Cl)ccc1[N+](=O)[O-]. The van der Waals surface area contributed by atoms with Crippen LogP contribution >= 0.6 is 23.2 Å². The number of halogens is 2. The molecule has 0 aliphatic rings. The summed E-state index contributed by atoms with van der Waals surface area (Å²) >= 11 is 11.5. The molecule has 19 heavy (non-hydrogen) atoms. The Balaban J connectivity index is 2.42. The number of aromatic nitrogens is 1. The van der Waals surface area contributed by atoms with E-state index in [9.17, 15) is 10.1 Å². The summed E-state index contributed by atoms with van der Waals surface area (Å²) in [6.07, 6.45) is 0. The highest BCUT2D eigenvalue weighted by Crippen LogP contribution is 2.32. The van der Waals surface area contributed by atoms with Gasteiger partial charge in [0.1, 0.15) is 10.9 Å². The monoisotopic (exact) mass is 298 g/mol. The van der Waals surface area contributed by atoms with Gasteiger partial charge in [-0.15, -0.1) is 0 Å². The second kappa shape index (κ2) is 5.42. The summed E-state index contributed by atoms with van der Waals surface area (Å²) in [5.74, 6) is 0.283. The van der Waals surface area contributed by atoms with Gasteiger partial charge in [0.05, 0.1) is 4.92 Å². The second-order valence-electron chi connectivity index (χ2n) is 3.73. The van der Waals surface area contributed by atoms with Crippen LogP contribution in [0.25, 0.3) is 0 Å². The highest BCUT2D eigenvalue weighted by atomic mass is 35.5. The molecule has 7 heteroatoms. The number of rotatable bonds is 3. The Hall–Kier alpha value is -1.85. The van der Waals surface area contributed by atoms with E-state index < -0.39 is 4.92 Å². The van der Waals surface area contributed by atoms with E-state index >= 15 is 0 Å². The molecule has 0 radical (unpaired) electrons. The molecule has 0 atom stereocenters. The maximum atomic E-state index is 10.9. The van der Waals surface area contributed by atoms with Crippen molar-refractivity contribution in [2.75, 3.05) is 0 Å². The standard InChI is InChI=1S/C12H8Cl2N2O3/c1-7-6-8(13)2-4-10(7)19-12-9(16(17)18)3-5-11(14)15-12/h2-6H,1H3. The fourth-order valence-electron chi connectivity index (χ4n) is 1.46.